The molecule has 3 aromatic carbocycles. The highest BCUT2D eigenvalue weighted by atomic mass is 32.2. The maximum absolute atomic E-state index is 14.1. The number of aliphatic hydroxyl groups is 1. The molecular formula is C38H48N6O7S+2. The fraction of sp³-hybridized carbons (Fsp3) is 0.447. The molecule has 3 unspecified atom stereocenters. The van der Waals surface area contributed by atoms with Crippen LogP contribution in [-0.4, -0.2) is 122 Å². The van der Waals surface area contributed by atoms with E-state index in [-0.39, 0.29) is 23.0 Å². The van der Waals surface area contributed by atoms with E-state index < -0.39 is 45.9 Å². The number of piperazine rings is 1. The summed E-state index contributed by atoms with van der Waals surface area (Å²) in [5.41, 5.74) is 9.15. The molecule has 0 bridgehead atoms. The number of amides is 2. The molecule has 4 aliphatic rings. The van der Waals surface area contributed by atoms with Gasteiger partial charge in [0, 0.05) is 30.0 Å². The number of anilines is 2. The number of hydrogen-bond donors (Lipinski definition) is 4. The van der Waals surface area contributed by atoms with Gasteiger partial charge in [-0.1, -0.05) is 37.3 Å². The van der Waals surface area contributed by atoms with Gasteiger partial charge in [0.2, 0.25) is 5.91 Å². The maximum atomic E-state index is 14.1. The number of nitrogens with two attached hydrogens (primary N) is 1. The fourth-order valence-electron chi connectivity index (χ4n) is 8.72. The van der Waals surface area contributed by atoms with Gasteiger partial charge in [-0.15, -0.1) is 0 Å². The molecule has 52 heavy (non-hydrogen) atoms. The predicted octanol–water partition coefficient (Wildman–Crippen LogP) is 2.09. The average Bonchev–Trinajstić information content (AvgIpc) is 3.47. The minimum absolute atomic E-state index is 0.0175. The van der Waals surface area contributed by atoms with Crippen LogP contribution in [0.5, 0.6) is 0 Å². The number of rotatable bonds is 11. The van der Waals surface area contributed by atoms with Crippen molar-refractivity contribution in [3.63, 3.8) is 0 Å². The minimum atomic E-state index is -4.02. The number of carboxylic acids is 1. The Morgan fingerprint density at radius 3 is 2.33 bits per heavy atom. The fourth-order valence-corrected chi connectivity index (χ4v) is 10.4. The lowest BCUT2D eigenvalue weighted by atomic mass is 9.78. The Kier molecular flexibility index (Phi) is 8.98. The Balaban J connectivity index is 1.06. The number of aliphatic hydroxyl groups excluding tert-OH is 1. The highest BCUT2D eigenvalue weighted by Crippen LogP contribution is 2.50. The molecule has 0 spiro atoms. The number of carbonyl (C=O) groups is 3. The van der Waals surface area contributed by atoms with Crippen LogP contribution in [0.2, 0.25) is 0 Å². The van der Waals surface area contributed by atoms with Crippen molar-refractivity contribution in [2.45, 2.75) is 43.9 Å². The topological polar surface area (TPSA) is 170 Å². The maximum Gasteiger partial charge on any atom is 0.352 e. The molecule has 276 valence electrons. The summed E-state index contributed by atoms with van der Waals surface area (Å²) in [5.74, 6) is -2.95. The van der Waals surface area contributed by atoms with Crippen molar-refractivity contribution in [3.05, 3.63) is 77.0 Å². The molecule has 0 aromatic heterocycles. The number of carboxylic acid groups (broad SMARTS) is 1. The molecule has 7 rings (SSSR count). The lowest BCUT2D eigenvalue weighted by molar-refractivity contribution is -1.01. The first-order valence-electron chi connectivity index (χ1n) is 17.9. The van der Waals surface area contributed by atoms with E-state index in [4.69, 9.17) is 5.73 Å². The second-order valence-electron chi connectivity index (χ2n) is 15.6. The zero-order valence-electron chi connectivity index (χ0n) is 30.1. The molecule has 0 radical (unpaired) electrons. The van der Waals surface area contributed by atoms with E-state index in [2.05, 4.69) is 19.4 Å². The number of sulfonamides is 1. The van der Waals surface area contributed by atoms with Crippen molar-refractivity contribution in [1.82, 2.24) is 4.90 Å². The monoisotopic (exact) mass is 732 g/mol. The number of carbonyl (C=O) groups excluding carboxylic acids is 2. The van der Waals surface area contributed by atoms with Crippen LogP contribution in [0.3, 0.4) is 0 Å². The van der Waals surface area contributed by atoms with Gasteiger partial charge in [0.25, 0.3) is 15.9 Å². The Morgan fingerprint density at radius 1 is 1.02 bits per heavy atom. The number of fused-ring (bicyclic) bond motifs is 1. The zero-order chi connectivity index (χ0) is 37.3. The number of hydrogen-bond acceptors (Lipinski definition) is 7. The van der Waals surface area contributed by atoms with E-state index in [9.17, 15) is 33.0 Å². The van der Waals surface area contributed by atoms with Gasteiger partial charge >= 0.3 is 5.97 Å². The summed E-state index contributed by atoms with van der Waals surface area (Å²) in [6.07, 6.45) is -0.224. The van der Waals surface area contributed by atoms with Crippen LogP contribution >= 0.6 is 0 Å². The summed E-state index contributed by atoms with van der Waals surface area (Å²) >= 11 is 0. The second kappa shape index (κ2) is 13.0. The molecule has 14 heteroatoms. The standard InChI is InChI=1S/C38H46N6O7S/c1-23-29(36(38(48)49)42-35(23)33(24(2)45)37(42)47)21-41-30-7-5-6-28-26(10-13-31(34(28)30)52(41,50)51)14-15-43(3)16-18-44(4,19-17-43)22-32(46)40-27-11-8-25(20-39)9-12-27/h5-13,23-24,33,35,45H,14-22,39H2,1-4H3/p+2/t23-,24?,33?,35?,43?,44?/m0/s1. The van der Waals surface area contributed by atoms with E-state index in [0.717, 1.165) is 65.8 Å². The molecule has 2 saturated heterocycles. The summed E-state index contributed by atoms with van der Waals surface area (Å²) in [6.45, 7) is 8.28. The summed E-state index contributed by atoms with van der Waals surface area (Å²) in [5, 5.41) is 24.9. The molecule has 0 saturated carbocycles. The number of likely N-dealkylation sites (N-methyl/N-ethyl adjacent to an activating group) is 2. The van der Waals surface area contributed by atoms with Gasteiger partial charge < -0.3 is 35.1 Å². The summed E-state index contributed by atoms with van der Waals surface area (Å²) < 4.78 is 30.9. The lowest BCUT2D eigenvalue weighted by Gasteiger charge is -2.46. The van der Waals surface area contributed by atoms with E-state index in [0.29, 0.717) is 34.2 Å². The third-order valence-electron chi connectivity index (χ3n) is 12.0. The number of nitrogens with one attached hydrogen (secondary N) is 1. The van der Waals surface area contributed by atoms with Gasteiger partial charge in [0.05, 0.1) is 55.8 Å². The summed E-state index contributed by atoms with van der Waals surface area (Å²) in [6, 6.07) is 16.1. The van der Waals surface area contributed by atoms with Crippen LogP contribution in [0.1, 0.15) is 25.0 Å². The first-order valence-corrected chi connectivity index (χ1v) is 19.3. The first-order chi connectivity index (χ1) is 24.6. The molecule has 5 N–H and O–H groups in total. The Labute approximate surface area is 304 Å². The number of β-lactam (4-membered cyclic amide) rings is 1. The van der Waals surface area contributed by atoms with E-state index >= 15 is 0 Å². The smallest absolute Gasteiger partial charge is 0.352 e. The van der Waals surface area contributed by atoms with E-state index in [1.54, 1.807) is 19.1 Å². The van der Waals surface area contributed by atoms with E-state index in [1.165, 1.54) is 16.1 Å². The molecule has 4 atom stereocenters. The van der Waals surface area contributed by atoms with Gasteiger partial charge in [0.15, 0.2) is 6.54 Å². The van der Waals surface area contributed by atoms with Crippen molar-refractivity contribution in [2.24, 2.45) is 17.6 Å². The first kappa shape index (κ1) is 36.0. The van der Waals surface area contributed by atoms with Gasteiger partial charge in [-0.05, 0) is 53.3 Å². The van der Waals surface area contributed by atoms with Crippen LogP contribution in [0, 0.1) is 11.8 Å². The normalized spacial score (nSPS) is 28.2. The summed E-state index contributed by atoms with van der Waals surface area (Å²) in [7, 11) is 0.349. The lowest BCUT2D eigenvalue weighted by Crippen LogP contribution is -2.65. The Bertz CT molecular complexity index is 2110. The molecule has 13 nitrogen and oxygen atoms in total. The number of aliphatic carboxylic acids is 1. The van der Waals surface area contributed by atoms with Crippen LogP contribution in [0.15, 0.2) is 70.8 Å². The molecule has 2 amide bonds. The molecule has 0 aliphatic carbocycles. The Morgan fingerprint density at radius 2 is 1.69 bits per heavy atom. The molecule has 4 aliphatic heterocycles. The SMILES string of the molecule is CC(O)C1C(=O)N2C(C(=O)O)=C(CN3c4cccc5c(CC[N+]6(C)CC[N+](C)(CC(=O)Nc7ccc(CN)cc7)CC6)ccc(c45)S3(=O)=O)[C@H](C)C12. The van der Waals surface area contributed by atoms with Crippen molar-refractivity contribution >= 4 is 50.0 Å². The molecule has 4 heterocycles. The van der Waals surface area contributed by atoms with Gasteiger partial charge in [-0.2, -0.15) is 0 Å². The second-order valence-corrected chi connectivity index (χ2v) is 17.4. The molecule has 3 aromatic rings. The summed E-state index contributed by atoms with van der Waals surface area (Å²) in [4.78, 5) is 39.7. The third kappa shape index (κ3) is 5.96. The Hall–Kier alpha value is -4.34. The third-order valence-corrected chi connectivity index (χ3v) is 13.8. The predicted molar refractivity (Wildman–Crippen MR) is 196 cm³/mol. The van der Waals surface area contributed by atoms with Crippen LogP contribution in [-0.2, 0) is 37.4 Å². The van der Waals surface area contributed by atoms with Crippen LogP contribution < -0.4 is 15.4 Å². The molecule has 2 fully saturated rings. The van der Waals surface area contributed by atoms with Crippen molar-refractivity contribution < 1.29 is 42.0 Å². The van der Waals surface area contributed by atoms with Gasteiger partial charge in [0.1, 0.15) is 31.9 Å². The van der Waals surface area contributed by atoms with Gasteiger partial charge in [-0.25, -0.2) is 13.2 Å². The number of quaternary nitrogens is 2. The van der Waals surface area contributed by atoms with Crippen molar-refractivity contribution in [3.8, 4) is 0 Å². The average molecular weight is 733 g/mol. The number of nitrogens with zero attached hydrogens (tertiary/aromatic N) is 4. The largest absolute Gasteiger partial charge is 0.477 e. The molecular weight excluding hydrogens is 685 g/mol. The quantitative estimate of drug-likeness (QED) is 0.172. The van der Waals surface area contributed by atoms with Crippen LogP contribution in [0.4, 0.5) is 11.4 Å². The highest BCUT2D eigenvalue weighted by molar-refractivity contribution is 7.93. The zero-order valence-corrected chi connectivity index (χ0v) is 30.9. The minimum Gasteiger partial charge on any atom is -0.477 e. The van der Waals surface area contributed by atoms with Gasteiger partial charge in [-0.3, -0.25) is 13.9 Å². The number of benzene rings is 3. The van der Waals surface area contributed by atoms with Crippen molar-refractivity contribution in [1.29, 1.82) is 0 Å². The van der Waals surface area contributed by atoms with Crippen molar-refractivity contribution in [2.75, 3.05) is 69.5 Å². The highest BCUT2D eigenvalue weighted by Gasteiger charge is 2.60. The van der Waals surface area contributed by atoms with E-state index in [1.807, 2.05) is 42.5 Å². The van der Waals surface area contributed by atoms with Crippen LogP contribution in [0.25, 0.3) is 10.8 Å².